The third-order valence-corrected chi connectivity index (χ3v) is 6.70. The first-order chi connectivity index (χ1) is 13.0. The maximum atomic E-state index is 12.8. The summed E-state index contributed by atoms with van der Waals surface area (Å²) >= 11 is 0. The van der Waals surface area contributed by atoms with E-state index in [9.17, 15) is 4.79 Å². The fourth-order valence-electron chi connectivity index (χ4n) is 4.94. The van der Waals surface area contributed by atoms with Gasteiger partial charge in [-0.1, -0.05) is 19.0 Å². The van der Waals surface area contributed by atoms with Gasteiger partial charge < -0.3 is 14.2 Å². The molecule has 1 unspecified atom stereocenters. The number of amides is 1. The topological polar surface area (TPSA) is 71.7 Å². The maximum Gasteiger partial charge on any atom is 0.229 e. The molecule has 0 aromatic carbocycles. The zero-order valence-corrected chi connectivity index (χ0v) is 16.8. The summed E-state index contributed by atoms with van der Waals surface area (Å²) in [6.07, 6.45) is 4.94. The Morgan fingerprint density at radius 2 is 1.93 bits per heavy atom. The van der Waals surface area contributed by atoms with Crippen LogP contribution in [0.3, 0.4) is 0 Å². The van der Waals surface area contributed by atoms with Crippen LogP contribution in [0.5, 0.6) is 0 Å². The highest BCUT2D eigenvalue weighted by Gasteiger charge is 2.47. The Hall–Kier alpha value is -1.47. The molecule has 1 amide bonds. The van der Waals surface area contributed by atoms with Crippen LogP contribution in [0.1, 0.15) is 69.6 Å². The summed E-state index contributed by atoms with van der Waals surface area (Å²) in [7, 11) is 2.16. The highest BCUT2D eigenvalue weighted by molar-refractivity contribution is 5.79. The van der Waals surface area contributed by atoms with E-state index < -0.39 is 0 Å². The van der Waals surface area contributed by atoms with E-state index in [1.165, 1.54) is 0 Å². The summed E-state index contributed by atoms with van der Waals surface area (Å²) < 4.78 is 10.8. The van der Waals surface area contributed by atoms with Crippen molar-refractivity contribution in [1.82, 2.24) is 19.9 Å². The molecule has 1 aromatic rings. The number of likely N-dealkylation sites (tertiary alicyclic amines) is 2. The van der Waals surface area contributed by atoms with E-state index in [1.54, 1.807) is 0 Å². The number of nitrogens with zero attached hydrogens (tertiary/aromatic N) is 4. The van der Waals surface area contributed by atoms with Crippen molar-refractivity contribution in [3.8, 4) is 0 Å². The van der Waals surface area contributed by atoms with E-state index >= 15 is 0 Å². The summed E-state index contributed by atoms with van der Waals surface area (Å²) in [5, 5.41) is 4.25. The van der Waals surface area contributed by atoms with E-state index in [0.717, 1.165) is 76.7 Å². The Bertz CT molecular complexity index is 660. The number of carbonyl (C=O) groups is 1. The molecular formula is C20H32N4O3. The van der Waals surface area contributed by atoms with Crippen molar-refractivity contribution in [2.45, 2.75) is 57.9 Å². The number of hydrogen-bond acceptors (Lipinski definition) is 6. The SMILES string of the molecule is CC(C)c1nc(C2CC3(CCN(C(=O)C4CCOCC4)CC3)CN2C)no1. The molecule has 3 fully saturated rings. The van der Waals surface area contributed by atoms with Gasteiger partial charge in [-0.05, 0) is 44.6 Å². The van der Waals surface area contributed by atoms with Crippen molar-refractivity contribution >= 4 is 5.91 Å². The molecule has 0 N–H and O–H groups in total. The Morgan fingerprint density at radius 1 is 1.22 bits per heavy atom. The fourth-order valence-corrected chi connectivity index (χ4v) is 4.94. The average molecular weight is 377 g/mol. The summed E-state index contributed by atoms with van der Waals surface area (Å²) in [4.78, 5) is 21.9. The molecule has 1 aromatic heterocycles. The molecule has 4 rings (SSSR count). The Kier molecular flexibility index (Phi) is 5.25. The molecule has 1 spiro atoms. The molecule has 150 valence electrons. The Morgan fingerprint density at radius 3 is 2.56 bits per heavy atom. The molecule has 0 aliphatic carbocycles. The van der Waals surface area contributed by atoms with Crippen LogP contribution in [0.25, 0.3) is 0 Å². The van der Waals surface area contributed by atoms with Gasteiger partial charge in [0.1, 0.15) is 0 Å². The Labute approximate surface area is 161 Å². The van der Waals surface area contributed by atoms with Gasteiger partial charge in [-0.2, -0.15) is 4.98 Å². The molecule has 1 atom stereocenters. The van der Waals surface area contributed by atoms with Gasteiger partial charge in [0.05, 0.1) is 6.04 Å². The number of carbonyl (C=O) groups excluding carboxylic acids is 1. The van der Waals surface area contributed by atoms with Gasteiger partial charge in [-0.15, -0.1) is 0 Å². The number of ether oxygens (including phenoxy) is 1. The third kappa shape index (κ3) is 3.76. The normalized spacial score (nSPS) is 27.0. The fraction of sp³-hybridized carbons (Fsp3) is 0.850. The van der Waals surface area contributed by atoms with Gasteiger partial charge in [0.15, 0.2) is 5.82 Å². The predicted molar refractivity (Wildman–Crippen MR) is 100 cm³/mol. The van der Waals surface area contributed by atoms with Gasteiger partial charge in [0.2, 0.25) is 11.8 Å². The molecule has 27 heavy (non-hydrogen) atoms. The van der Waals surface area contributed by atoms with Gasteiger partial charge in [0, 0.05) is 44.7 Å². The van der Waals surface area contributed by atoms with Crippen molar-refractivity contribution in [3.63, 3.8) is 0 Å². The number of rotatable bonds is 3. The standard InChI is InChI=1S/C20H32N4O3/c1-14(2)18-21-17(22-27-18)16-12-20(13-23(16)3)6-8-24(9-7-20)19(25)15-4-10-26-11-5-15/h14-16H,4-13H2,1-3H3. The summed E-state index contributed by atoms with van der Waals surface area (Å²) in [5.74, 6) is 2.30. The monoisotopic (exact) mass is 376 g/mol. The molecule has 7 heteroatoms. The predicted octanol–water partition coefficient (Wildman–Crippen LogP) is 2.61. The van der Waals surface area contributed by atoms with E-state index in [4.69, 9.17) is 9.26 Å². The molecule has 4 heterocycles. The van der Waals surface area contributed by atoms with E-state index in [0.29, 0.717) is 5.91 Å². The third-order valence-electron chi connectivity index (χ3n) is 6.70. The van der Waals surface area contributed by atoms with Crippen molar-refractivity contribution in [1.29, 1.82) is 0 Å². The number of hydrogen-bond donors (Lipinski definition) is 0. The highest BCUT2D eigenvalue weighted by Crippen LogP contribution is 2.48. The van der Waals surface area contributed by atoms with Crippen molar-refractivity contribution in [2.75, 3.05) is 39.9 Å². The van der Waals surface area contributed by atoms with Crippen molar-refractivity contribution < 1.29 is 14.1 Å². The van der Waals surface area contributed by atoms with E-state index in [-0.39, 0.29) is 23.3 Å². The first kappa shape index (κ1) is 18.9. The molecule has 3 saturated heterocycles. The number of piperidine rings is 1. The second kappa shape index (κ2) is 7.51. The quantitative estimate of drug-likeness (QED) is 0.807. The minimum Gasteiger partial charge on any atom is -0.381 e. The second-order valence-corrected chi connectivity index (χ2v) is 8.99. The average Bonchev–Trinajstić information content (AvgIpc) is 3.28. The molecular weight excluding hydrogens is 344 g/mol. The van der Waals surface area contributed by atoms with Crippen LogP contribution >= 0.6 is 0 Å². The molecule has 0 saturated carbocycles. The number of aromatic nitrogens is 2. The van der Waals surface area contributed by atoms with Gasteiger partial charge >= 0.3 is 0 Å². The van der Waals surface area contributed by atoms with Crippen LogP contribution in [0, 0.1) is 11.3 Å². The lowest BCUT2D eigenvalue weighted by Gasteiger charge is -2.40. The van der Waals surface area contributed by atoms with Crippen LogP contribution in [-0.2, 0) is 9.53 Å². The van der Waals surface area contributed by atoms with Crippen LogP contribution in [-0.4, -0.2) is 65.7 Å². The summed E-state index contributed by atoms with van der Waals surface area (Å²) in [6, 6.07) is 0.221. The van der Waals surface area contributed by atoms with E-state index in [2.05, 4.69) is 40.8 Å². The van der Waals surface area contributed by atoms with Crippen LogP contribution in [0.2, 0.25) is 0 Å². The zero-order chi connectivity index (χ0) is 19.0. The zero-order valence-electron chi connectivity index (χ0n) is 16.8. The van der Waals surface area contributed by atoms with Gasteiger partial charge in [0.25, 0.3) is 0 Å². The molecule has 3 aliphatic heterocycles. The van der Waals surface area contributed by atoms with Crippen LogP contribution in [0.4, 0.5) is 0 Å². The lowest BCUT2D eigenvalue weighted by Crippen LogP contribution is -2.47. The van der Waals surface area contributed by atoms with Crippen LogP contribution in [0.15, 0.2) is 4.52 Å². The smallest absolute Gasteiger partial charge is 0.229 e. The van der Waals surface area contributed by atoms with Crippen LogP contribution < -0.4 is 0 Å². The highest BCUT2D eigenvalue weighted by atomic mass is 16.5. The lowest BCUT2D eigenvalue weighted by molar-refractivity contribution is -0.140. The lowest BCUT2D eigenvalue weighted by atomic mass is 9.76. The summed E-state index contributed by atoms with van der Waals surface area (Å²) in [6.45, 7) is 8.39. The summed E-state index contributed by atoms with van der Waals surface area (Å²) in [5.41, 5.74) is 0.268. The molecule has 3 aliphatic rings. The largest absolute Gasteiger partial charge is 0.381 e. The van der Waals surface area contributed by atoms with Crippen molar-refractivity contribution in [3.05, 3.63) is 11.7 Å². The van der Waals surface area contributed by atoms with Gasteiger partial charge in [-0.25, -0.2) is 0 Å². The maximum absolute atomic E-state index is 12.8. The molecule has 0 radical (unpaired) electrons. The van der Waals surface area contributed by atoms with Crippen molar-refractivity contribution in [2.24, 2.45) is 11.3 Å². The molecule has 7 nitrogen and oxygen atoms in total. The van der Waals surface area contributed by atoms with Gasteiger partial charge in [-0.3, -0.25) is 9.69 Å². The first-order valence-electron chi connectivity index (χ1n) is 10.4. The Balaban J connectivity index is 1.37. The first-order valence-corrected chi connectivity index (χ1v) is 10.4. The minimum absolute atomic E-state index is 0.167. The van der Waals surface area contributed by atoms with E-state index in [1.807, 2.05) is 0 Å². The second-order valence-electron chi connectivity index (χ2n) is 8.99. The minimum atomic E-state index is 0.167. The molecule has 0 bridgehead atoms.